The van der Waals surface area contributed by atoms with Crippen LogP contribution in [-0.4, -0.2) is 26.5 Å². The highest BCUT2D eigenvalue weighted by Crippen LogP contribution is 2.33. The van der Waals surface area contributed by atoms with Crippen LogP contribution in [0.25, 0.3) is 0 Å². The predicted octanol–water partition coefficient (Wildman–Crippen LogP) is 4.18. The molecule has 1 aliphatic heterocycles. The van der Waals surface area contributed by atoms with Crippen LogP contribution in [0.5, 0.6) is 0 Å². The Hall–Kier alpha value is -1.93. The molecule has 1 unspecified atom stereocenters. The summed E-state index contributed by atoms with van der Waals surface area (Å²) in [5.74, 6) is -0.479. The molecule has 1 fully saturated rings. The fourth-order valence-corrected chi connectivity index (χ4v) is 4.16. The van der Waals surface area contributed by atoms with Gasteiger partial charge in [-0.3, -0.25) is 0 Å². The van der Waals surface area contributed by atoms with Crippen molar-refractivity contribution >= 4 is 21.7 Å². The Balaban J connectivity index is 2.21. The number of carbonyl (C=O) groups excluding carboxylic acids is 1. The highest BCUT2D eigenvalue weighted by molar-refractivity contribution is 7.92. The van der Waals surface area contributed by atoms with Gasteiger partial charge in [0.25, 0.3) is 10.0 Å². The van der Waals surface area contributed by atoms with Crippen molar-refractivity contribution < 1.29 is 17.6 Å². The summed E-state index contributed by atoms with van der Waals surface area (Å²) in [6, 6.07) is 1.87. The topological polar surface area (TPSA) is 87.3 Å². The van der Waals surface area contributed by atoms with E-state index in [1.807, 2.05) is 39.3 Å². The van der Waals surface area contributed by atoms with E-state index in [0.717, 1.165) is 24.8 Å². The zero-order valence-electron chi connectivity index (χ0n) is 17.1. The molecule has 0 aromatic heterocycles. The summed E-state index contributed by atoms with van der Waals surface area (Å²) in [7, 11) is -3.96. The summed E-state index contributed by atoms with van der Waals surface area (Å²) in [5.41, 5.74) is 1.30. The highest BCUT2D eigenvalue weighted by Gasteiger charge is 2.26. The molecule has 1 saturated heterocycles. The molecule has 156 valence electrons. The zero-order chi connectivity index (χ0) is 21.1. The van der Waals surface area contributed by atoms with Crippen LogP contribution in [-0.2, 0) is 10.0 Å². The molecule has 0 saturated carbocycles. The summed E-state index contributed by atoms with van der Waals surface area (Å²) in [6.07, 6.45) is 3.36. The van der Waals surface area contributed by atoms with Gasteiger partial charge < -0.3 is 10.6 Å². The number of hydrogen-bond acceptors (Lipinski definition) is 4. The second kappa shape index (κ2) is 8.61. The molecule has 6 nitrogen and oxygen atoms in total. The van der Waals surface area contributed by atoms with Gasteiger partial charge in [0.2, 0.25) is 0 Å². The van der Waals surface area contributed by atoms with Crippen molar-refractivity contribution in [2.75, 3.05) is 11.9 Å². The van der Waals surface area contributed by atoms with Crippen LogP contribution in [0, 0.1) is 5.82 Å². The van der Waals surface area contributed by atoms with Crippen LogP contribution in [0.3, 0.4) is 0 Å². The lowest BCUT2D eigenvalue weighted by molar-refractivity contribution is 0.256. The molecular formula is C20H30FN3O3S. The Labute approximate surface area is 167 Å². The number of sulfonamides is 1. The molecule has 0 aliphatic carbocycles. The average molecular weight is 412 g/mol. The molecule has 0 spiro atoms. The molecule has 28 heavy (non-hydrogen) atoms. The summed E-state index contributed by atoms with van der Waals surface area (Å²) >= 11 is 0. The van der Waals surface area contributed by atoms with E-state index in [2.05, 4.69) is 10.6 Å². The van der Waals surface area contributed by atoms with Crippen LogP contribution in [0.15, 0.2) is 23.6 Å². The van der Waals surface area contributed by atoms with Crippen molar-refractivity contribution in [1.82, 2.24) is 10.0 Å². The number of anilines is 1. The van der Waals surface area contributed by atoms with Crippen LogP contribution in [0.2, 0.25) is 0 Å². The Bertz CT molecular complexity index is 828. The van der Waals surface area contributed by atoms with Crippen molar-refractivity contribution in [1.29, 1.82) is 0 Å². The van der Waals surface area contributed by atoms with E-state index in [0.29, 0.717) is 16.8 Å². The molecule has 8 heteroatoms. The maximum absolute atomic E-state index is 14.0. The first-order valence-corrected chi connectivity index (χ1v) is 11.1. The lowest BCUT2D eigenvalue weighted by atomic mass is 9.92. The van der Waals surface area contributed by atoms with Crippen LogP contribution in [0.4, 0.5) is 14.9 Å². The number of amides is 2. The number of benzene rings is 1. The molecule has 1 aliphatic rings. The lowest BCUT2D eigenvalue weighted by Gasteiger charge is -2.21. The average Bonchev–Trinajstić information content (AvgIpc) is 3.00. The smallest absolute Gasteiger partial charge is 0.308 e. The van der Waals surface area contributed by atoms with Gasteiger partial charge in [0, 0.05) is 16.6 Å². The quantitative estimate of drug-likeness (QED) is 0.655. The van der Waals surface area contributed by atoms with Crippen molar-refractivity contribution in [2.24, 2.45) is 0 Å². The number of hydrogen-bond donors (Lipinski definition) is 3. The van der Waals surface area contributed by atoms with Crippen molar-refractivity contribution in [3.8, 4) is 0 Å². The number of nitrogens with one attached hydrogen (secondary N) is 3. The normalized spacial score (nSPS) is 20.3. The Morgan fingerprint density at radius 2 is 1.79 bits per heavy atom. The van der Waals surface area contributed by atoms with Gasteiger partial charge in [-0.05, 0) is 61.4 Å². The molecule has 1 aromatic rings. The summed E-state index contributed by atoms with van der Waals surface area (Å²) < 4.78 is 40.5. The van der Waals surface area contributed by atoms with E-state index >= 15 is 0 Å². The molecule has 0 radical (unpaired) electrons. The summed E-state index contributed by atoms with van der Waals surface area (Å²) in [6.45, 7) is 10.3. The zero-order valence-corrected chi connectivity index (χ0v) is 17.9. The minimum absolute atomic E-state index is 0.0478. The lowest BCUT2D eigenvalue weighted by Crippen LogP contribution is -2.36. The maximum Gasteiger partial charge on any atom is 0.333 e. The van der Waals surface area contributed by atoms with E-state index in [1.54, 1.807) is 6.08 Å². The van der Waals surface area contributed by atoms with Crippen molar-refractivity contribution in [3.63, 3.8) is 0 Å². The Kier molecular flexibility index (Phi) is 6.88. The molecule has 0 bridgehead atoms. The van der Waals surface area contributed by atoms with Crippen LogP contribution < -0.4 is 15.4 Å². The van der Waals surface area contributed by atoms with Gasteiger partial charge in [0.05, 0.1) is 0 Å². The molecule has 1 atom stereocenters. The van der Waals surface area contributed by atoms with Gasteiger partial charge in [-0.25, -0.2) is 22.3 Å². The predicted molar refractivity (Wildman–Crippen MR) is 110 cm³/mol. The number of carbonyl (C=O) groups is 1. The molecular weight excluding hydrogens is 381 g/mol. The first-order valence-electron chi connectivity index (χ1n) is 9.54. The minimum atomic E-state index is -3.96. The third-order valence-electron chi connectivity index (χ3n) is 4.90. The van der Waals surface area contributed by atoms with Crippen molar-refractivity contribution in [3.05, 3.63) is 40.6 Å². The van der Waals surface area contributed by atoms with Crippen LogP contribution in [0.1, 0.15) is 70.4 Å². The third-order valence-corrected chi connectivity index (χ3v) is 5.86. The first kappa shape index (κ1) is 22.4. The van der Waals surface area contributed by atoms with E-state index in [1.165, 1.54) is 12.1 Å². The van der Waals surface area contributed by atoms with E-state index in [-0.39, 0.29) is 17.7 Å². The second-order valence-corrected chi connectivity index (χ2v) is 9.69. The number of halogens is 1. The van der Waals surface area contributed by atoms with Crippen LogP contribution >= 0.6 is 0 Å². The monoisotopic (exact) mass is 411 g/mol. The van der Waals surface area contributed by atoms with Crippen molar-refractivity contribution in [2.45, 2.75) is 64.8 Å². The minimum Gasteiger partial charge on any atom is -0.308 e. The van der Waals surface area contributed by atoms with E-state index in [4.69, 9.17) is 0 Å². The first-order chi connectivity index (χ1) is 12.9. The fourth-order valence-electron chi connectivity index (χ4n) is 3.31. The Morgan fingerprint density at radius 1 is 1.21 bits per heavy atom. The molecule has 1 heterocycles. The summed E-state index contributed by atoms with van der Waals surface area (Å²) in [4.78, 5) is 12.4. The van der Waals surface area contributed by atoms with Gasteiger partial charge in [0.1, 0.15) is 5.82 Å². The second-order valence-electron chi connectivity index (χ2n) is 8.12. The maximum atomic E-state index is 14.0. The fraction of sp³-hybridized carbons (Fsp3) is 0.550. The molecule has 1 aromatic carbocycles. The van der Waals surface area contributed by atoms with Gasteiger partial charge in [-0.2, -0.15) is 0 Å². The Morgan fingerprint density at radius 3 is 2.25 bits per heavy atom. The number of urea groups is 1. The SMILES string of the molecule is CC(C)c1cc(F)cc(C(C)C)c1NC(=O)NS(=O)(=O)C=CC1(C)CCCN1. The molecule has 2 rings (SSSR count). The molecule has 2 amide bonds. The molecule has 3 N–H and O–H groups in total. The van der Waals surface area contributed by atoms with Gasteiger partial charge >= 0.3 is 6.03 Å². The number of rotatable bonds is 6. The largest absolute Gasteiger partial charge is 0.333 e. The van der Waals surface area contributed by atoms with Gasteiger partial charge in [-0.1, -0.05) is 33.8 Å². The van der Waals surface area contributed by atoms with Gasteiger partial charge in [-0.15, -0.1) is 0 Å². The van der Waals surface area contributed by atoms with E-state index in [9.17, 15) is 17.6 Å². The highest BCUT2D eigenvalue weighted by atomic mass is 32.2. The summed E-state index contributed by atoms with van der Waals surface area (Å²) in [5, 5.41) is 6.86. The third kappa shape index (κ3) is 5.78. The van der Waals surface area contributed by atoms with E-state index < -0.39 is 21.6 Å². The standard InChI is InChI=1S/C20H30FN3O3S/c1-13(2)16-11-15(21)12-17(14(3)4)18(16)23-19(25)24-28(26,27)10-8-20(5)7-6-9-22-20/h8,10-14,22H,6-7,9H2,1-5H3,(H2,23,24,25). The van der Waals surface area contributed by atoms with Gasteiger partial charge in [0.15, 0.2) is 0 Å².